The van der Waals surface area contributed by atoms with Crippen molar-refractivity contribution in [3.05, 3.63) is 82.0 Å². The average molecular weight is 369 g/mol. The van der Waals surface area contributed by atoms with Crippen LogP contribution in [0.4, 0.5) is 0 Å². The molecule has 0 fully saturated rings. The molecule has 2 aromatic carbocycles. The second kappa shape index (κ2) is 7.54. The van der Waals surface area contributed by atoms with Crippen molar-refractivity contribution in [3.8, 4) is 0 Å². The highest BCUT2D eigenvalue weighted by atomic mass is 35.5. The fourth-order valence-electron chi connectivity index (χ4n) is 2.95. The van der Waals surface area contributed by atoms with Gasteiger partial charge in [0.25, 0.3) is 0 Å². The summed E-state index contributed by atoms with van der Waals surface area (Å²) in [5.41, 5.74) is 5.13. The molecule has 1 unspecified atom stereocenters. The van der Waals surface area contributed by atoms with Gasteiger partial charge < -0.3 is 4.74 Å². The molecule has 1 atom stereocenters. The number of carbonyl (C=O) groups excluding carboxylic acids is 2. The Bertz CT molecular complexity index is 920. The van der Waals surface area contributed by atoms with Crippen LogP contribution in [0.5, 0.6) is 0 Å². The largest absolute Gasteiger partial charge is 0.464 e. The number of ether oxygens (including phenoxy) is 1. The first-order chi connectivity index (χ1) is 12.5. The molecule has 0 radical (unpaired) electrons. The molecular weight excluding hydrogens is 352 g/mol. The first-order valence-corrected chi connectivity index (χ1v) is 8.38. The third-order valence-electron chi connectivity index (χ3n) is 4.17. The van der Waals surface area contributed by atoms with Gasteiger partial charge in [0.05, 0.1) is 13.0 Å². The molecule has 1 N–H and O–H groups in total. The summed E-state index contributed by atoms with van der Waals surface area (Å²) in [6, 6.07) is 15.9. The minimum atomic E-state index is -0.671. The second-order valence-corrected chi connectivity index (χ2v) is 6.26. The van der Waals surface area contributed by atoms with E-state index in [1.54, 1.807) is 49.4 Å². The van der Waals surface area contributed by atoms with Gasteiger partial charge in [0.1, 0.15) is 0 Å². The van der Waals surface area contributed by atoms with Gasteiger partial charge in [0.2, 0.25) is 0 Å². The molecule has 2 aromatic rings. The second-order valence-electron chi connectivity index (χ2n) is 5.82. The Kier molecular flexibility index (Phi) is 5.19. The van der Waals surface area contributed by atoms with Crippen molar-refractivity contribution in [1.82, 2.24) is 5.43 Å². The van der Waals surface area contributed by atoms with Gasteiger partial charge in [0, 0.05) is 21.9 Å². The maximum atomic E-state index is 13.2. The number of Topliss-reactive ketones (excluding diaryl/α,β-unsaturated/α-hetero) is 1. The smallest absolute Gasteiger partial charge is 0.355 e. The highest BCUT2D eigenvalue weighted by Gasteiger charge is 2.36. The number of hydrazone groups is 1. The Morgan fingerprint density at radius 2 is 1.85 bits per heavy atom. The molecule has 3 rings (SSSR count). The molecule has 0 saturated carbocycles. The minimum absolute atomic E-state index is 0.111. The molecule has 0 spiro atoms. The zero-order valence-corrected chi connectivity index (χ0v) is 15.1. The van der Waals surface area contributed by atoms with E-state index < -0.39 is 11.9 Å². The summed E-state index contributed by atoms with van der Waals surface area (Å²) >= 11 is 6.13. The number of rotatable bonds is 4. The highest BCUT2D eigenvalue weighted by Crippen LogP contribution is 2.34. The number of halogens is 1. The van der Waals surface area contributed by atoms with Crippen molar-refractivity contribution < 1.29 is 14.3 Å². The van der Waals surface area contributed by atoms with Crippen molar-refractivity contribution >= 4 is 29.1 Å². The van der Waals surface area contributed by atoms with Crippen LogP contribution in [0.1, 0.15) is 28.8 Å². The Hall–Kier alpha value is -2.92. The summed E-state index contributed by atoms with van der Waals surface area (Å²) in [7, 11) is 1.28. The van der Waals surface area contributed by atoms with Crippen LogP contribution in [-0.2, 0) is 9.53 Å². The Labute approximate surface area is 156 Å². The standard InChI is InChI=1S/C20H17ClN2O3/c1-12-16(19(24)13-7-4-3-5-8-13)17(14-9-6-10-15(21)11-14)18(23-22-12)20(25)26-2/h3-11,17,22H,1-2H3. The first-order valence-electron chi connectivity index (χ1n) is 8.00. The van der Waals surface area contributed by atoms with E-state index in [9.17, 15) is 9.59 Å². The van der Waals surface area contributed by atoms with E-state index in [0.29, 0.717) is 27.4 Å². The number of hydrogen-bond acceptors (Lipinski definition) is 5. The summed E-state index contributed by atoms with van der Waals surface area (Å²) in [4.78, 5) is 25.5. The summed E-state index contributed by atoms with van der Waals surface area (Å²) in [5.74, 6) is -1.46. The van der Waals surface area contributed by atoms with Crippen LogP contribution in [0.15, 0.2) is 71.0 Å². The molecule has 0 amide bonds. The van der Waals surface area contributed by atoms with Crippen LogP contribution in [0.25, 0.3) is 0 Å². The lowest BCUT2D eigenvalue weighted by Gasteiger charge is -2.26. The van der Waals surface area contributed by atoms with Crippen LogP contribution < -0.4 is 5.43 Å². The molecule has 5 nitrogen and oxygen atoms in total. The maximum absolute atomic E-state index is 13.2. The molecule has 1 aliphatic heterocycles. The summed E-state index contributed by atoms with van der Waals surface area (Å²) in [6.07, 6.45) is 0. The number of nitrogens with zero attached hydrogens (tertiary/aromatic N) is 1. The minimum Gasteiger partial charge on any atom is -0.464 e. The summed E-state index contributed by atoms with van der Waals surface area (Å²) in [6.45, 7) is 1.76. The monoisotopic (exact) mass is 368 g/mol. The molecule has 0 aliphatic carbocycles. The molecule has 132 valence electrons. The van der Waals surface area contributed by atoms with E-state index in [4.69, 9.17) is 16.3 Å². The van der Waals surface area contributed by atoms with Crippen molar-refractivity contribution in [2.24, 2.45) is 5.10 Å². The van der Waals surface area contributed by atoms with Gasteiger partial charge >= 0.3 is 5.97 Å². The average Bonchev–Trinajstić information content (AvgIpc) is 2.67. The normalized spacial score (nSPS) is 16.6. The van der Waals surface area contributed by atoms with E-state index in [1.165, 1.54) is 7.11 Å². The highest BCUT2D eigenvalue weighted by molar-refractivity contribution is 6.41. The van der Waals surface area contributed by atoms with Gasteiger partial charge in [-0.1, -0.05) is 54.1 Å². The third kappa shape index (κ3) is 3.39. The lowest BCUT2D eigenvalue weighted by molar-refractivity contribution is -0.132. The number of carbonyl (C=O) groups is 2. The van der Waals surface area contributed by atoms with Crippen LogP contribution in [0.2, 0.25) is 5.02 Å². The predicted molar refractivity (Wildman–Crippen MR) is 100 cm³/mol. The van der Waals surface area contributed by atoms with Crippen molar-refractivity contribution in [2.75, 3.05) is 7.11 Å². The SMILES string of the molecule is COC(=O)C1=NNC(C)=C(C(=O)c2ccccc2)C1c1cccc(Cl)c1. The van der Waals surface area contributed by atoms with Gasteiger partial charge in [-0.05, 0) is 24.6 Å². The molecule has 6 heteroatoms. The molecule has 1 heterocycles. The fraction of sp³-hybridized carbons (Fsp3) is 0.150. The lowest BCUT2D eigenvalue weighted by Crippen LogP contribution is -2.35. The van der Waals surface area contributed by atoms with Crippen molar-refractivity contribution in [3.63, 3.8) is 0 Å². The first kappa shape index (κ1) is 17.9. The lowest BCUT2D eigenvalue weighted by atomic mass is 9.81. The molecule has 26 heavy (non-hydrogen) atoms. The van der Waals surface area contributed by atoms with E-state index in [0.717, 1.165) is 0 Å². The Morgan fingerprint density at radius 1 is 1.12 bits per heavy atom. The van der Waals surface area contributed by atoms with Crippen LogP contribution in [0.3, 0.4) is 0 Å². The van der Waals surface area contributed by atoms with Crippen LogP contribution >= 0.6 is 11.6 Å². The van der Waals surface area contributed by atoms with Gasteiger partial charge in [-0.2, -0.15) is 5.10 Å². The zero-order chi connectivity index (χ0) is 18.7. The molecule has 1 aliphatic rings. The van der Waals surface area contributed by atoms with Gasteiger partial charge in [-0.25, -0.2) is 4.79 Å². The number of benzene rings is 2. The fourth-order valence-corrected chi connectivity index (χ4v) is 3.15. The molecule has 0 aromatic heterocycles. The quantitative estimate of drug-likeness (QED) is 0.659. The van der Waals surface area contributed by atoms with Crippen molar-refractivity contribution in [1.29, 1.82) is 0 Å². The molecular formula is C20H17ClN2O3. The van der Waals surface area contributed by atoms with Gasteiger partial charge in [-0.15, -0.1) is 0 Å². The predicted octanol–water partition coefficient (Wildman–Crippen LogP) is 3.71. The molecule has 0 saturated heterocycles. The number of ketones is 1. The number of allylic oxidation sites excluding steroid dienone is 2. The van der Waals surface area contributed by atoms with E-state index >= 15 is 0 Å². The van der Waals surface area contributed by atoms with Crippen LogP contribution in [-0.4, -0.2) is 24.6 Å². The molecule has 0 bridgehead atoms. The number of nitrogens with one attached hydrogen (secondary N) is 1. The summed E-state index contributed by atoms with van der Waals surface area (Å²) < 4.78 is 4.86. The van der Waals surface area contributed by atoms with Gasteiger partial charge in [-0.3, -0.25) is 10.2 Å². The number of hydrogen-bond donors (Lipinski definition) is 1. The van der Waals surface area contributed by atoms with E-state index in [1.807, 2.05) is 12.1 Å². The number of methoxy groups -OCH3 is 1. The summed E-state index contributed by atoms with van der Waals surface area (Å²) in [5, 5.41) is 4.64. The van der Waals surface area contributed by atoms with Crippen LogP contribution in [0, 0.1) is 0 Å². The Balaban J connectivity index is 2.15. The Morgan fingerprint density at radius 3 is 2.50 bits per heavy atom. The third-order valence-corrected chi connectivity index (χ3v) is 4.40. The van der Waals surface area contributed by atoms with Crippen molar-refractivity contribution in [2.45, 2.75) is 12.8 Å². The number of esters is 1. The van der Waals surface area contributed by atoms with Gasteiger partial charge in [0.15, 0.2) is 11.5 Å². The maximum Gasteiger partial charge on any atom is 0.355 e. The van der Waals surface area contributed by atoms with E-state index in [-0.39, 0.29) is 11.5 Å². The van der Waals surface area contributed by atoms with E-state index in [2.05, 4.69) is 10.5 Å². The zero-order valence-electron chi connectivity index (χ0n) is 14.3. The topological polar surface area (TPSA) is 67.8 Å².